The number of carbonyl (C=O) groups is 2. The zero-order valence-corrected chi connectivity index (χ0v) is 16.4. The molecule has 1 aliphatic rings. The lowest BCUT2D eigenvalue weighted by molar-refractivity contribution is -0.117. The van der Waals surface area contributed by atoms with Gasteiger partial charge in [0.15, 0.2) is 0 Å². The van der Waals surface area contributed by atoms with Gasteiger partial charge in [-0.15, -0.1) is 0 Å². The van der Waals surface area contributed by atoms with E-state index in [1.165, 1.54) is 6.07 Å². The van der Waals surface area contributed by atoms with E-state index in [1.807, 2.05) is 30.3 Å². The number of carbonyl (C=O) groups excluding carboxylic acids is 2. The average molecular weight is 432 g/mol. The van der Waals surface area contributed by atoms with E-state index in [0.717, 1.165) is 36.1 Å². The first kappa shape index (κ1) is 19.4. The van der Waals surface area contributed by atoms with Gasteiger partial charge in [0, 0.05) is 29.3 Å². The minimum Gasteiger partial charge on any atom is -0.507 e. The van der Waals surface area contributed by atoms with Crippen LogP contribution in [0.4, 0.5) is 5.69 Å². The number of piperidine rings is 1. The fourth-order valence-electron chi connectivity index (χ4n) is 3.12. The molecule has 1 fully saturated rings. The number of nitrogens with zero attached hydrogens (tertiary/aromatic N) is 1. The molecule has 3 N–H and O–H groups in total. The van der Waals surface area contributed by atoms with Crippen molar-refractivity contribution in [3.8, 4) is 5.75 Å². The summed E-state index contributed by atoms with van der Waals surface area (Å²) in [5.74, 6) is -0.361. The van der Waals surface area contributed by atoms with Crippen LogP contribution in [-0.4, -0.2) is 47.5 Å². The lowest BCUT2D eigenvalue weighted by Gasteiger charge is -2.31. The summed E-state index contributed by atoms with van der Waals surface area (Å²) in [4.78, 5) is 26.6. The second kappa shape index (κ2) is 9.01. The first-order chi connectivity index (χ1) is 13.0. The second-order valence-electron chi connectivity index (χ2n) is 6.60. The normalized spacial score (nSPS) is 15.3. The zero-order chi connectivity index (χ0) is 19.2. The molecule has 2 aromatic rings. The van der Waals surface area contributed by atoms with E-state index in [9.17, 15) is 14.7 Å². The summed E-state index contributed by atoms with van der Waals surface area (Å²) in [5, 5.41) is 15.8. The summed E-state index contributed by atoms with van der Waals surface area (Å²) >= 11 is 3.26. The monoisotopic (exact) mass is 431 g/mol. The molecule has 1 saturated heterocycles. The Morgan fingerprint density at radius 1 is 1.11 bits per heavy atom. The lowest BCUT2D eigenvalue weighted by atomic mass is 10.0. The molecule has 6 nitrogen and oxygen atoms in total. The molecular weight excluding hydrogens is 410 g/mol. The highest BCUT2D eigenvalue weighted by molar-refractivity contribution is 9.10. The number of amides is 2. The quantitative estimate of drug-likeness (QED) is 0.679. The number of aromatic hydroxyl groups is 1. The van der Waals surface area contributed by atoms with Gasteiger partial charge in [0.1, 0.15) is 5.75 Å². The van der Waals surface area contributed by atoms with Crippen molar-refractivity contribution in [2.45, 2.75) is 18.9 Å². The third-order valence-electron chi connectivity index (χ3n) is 4.55. The van der Waals surface area contributed by atoms with E-state index in [4.69, 9.17) is 0 Å². The fraction of sp³-hybridized carbons (Fsp3) is 0.300. The van der Waals surface area contributed by atoms with E-state index >= 15 is 0 Å². The van der Waals surface area contributed by atoms with Crippen molar-refractivity contribution in [3.63, 3.8) is 0 Å². The molecule has 0 atom stereocenters. The third-order valence-corrected chi connectivity index (χ3v) is 5.05. The summed E-state index contributed by atoms with van der Waals surface area (Å²) in [6.07, 6.45) is 1.53. The number of phenolic OH excluding ortho intramolecular Hbond substituents is 1. The van der Waals surface area contributed by atoms with Crippen LogP contribution in [0.3, 0.4) is 0 Å². The van der Waals surface area contributed by atoms with Gasteiger partial charge < -0.3 is 15.7 Å². The van der Waals surface area contributed by atoms with Gasteiger partial charge in [-0.3, -0.25) is 14.5 Å². The molecule has 142 valence electrons. The van der Waals surface area contributed by atoms with Gasteiger partial charge in [0.05, 0.1) is 12.1 Å². The number of phenols is 1. The minimum absolute atomic E-state index is 0.0361. The van der Waals surface area contributed by atoms with Crippen LogP contribution in [-0.2, 0) is 4.79 Å². The van der Waals surface area contributed by atoms with Crippen LogP contribution < -0.4 is 10.6 Å². The molecule has 0 bridgehead atoms. The Morgan fingerprint density at radius 3 is 2.48 bits per heavy atom. The smallest absolute Gasteiger partial charge is 0.255 e. The largest absolute Gasteiger partial charge is 0.507 e. The summed E-state index contributed by atoms with van der Waals surface area (Å²) in [7, 11) is 0. The van der Waals surface area contributed by atoms with E-state index in [2.05, 4.69) is 31.5 Å². The van der Waals surface area contributed by atoms with Crippen LogP contribution in [0.5, 0.6) is 5.75 Å². The number of benzene rings is 2. The Kier molecular flexibility index (Phi) is 6.47. The van der Waals surface area contributed by atoms with Gasteiger partial charge in [0.2, 0.25) is 5.91 Å². The Labute approximate surface area is 166 Å². The van der Waals surface area contributed by atoms with Crippen LogP contribution in [0.15, 0.2) is 53.0 Å². The van der Waals surface area contributed by atoms with Gasteiger partial charge in [0.25, 0.3) is 5.91 Å². The molecule has 27 heavy (non-hydrogen) atoms. The van der Waals surface area contributed by atoms with Gasteiger partial charge in [-0.1, -0.05) is 34.1 Å². The van der Waals surface area contributed by atoms with E-state index in [-0.39, 0.29) is 29.2 Å². The van der Waals surface area contributed by atoms with Crippen molar-refractivity contribution >= 4 is 33.4 Å². The predicted molar refractivity (Wildman–Crippen MR) is 108 cm³/mol. The SMILES string of the molecule is O=C(CN1CCC(NC(=O)c2ccc(Br)cc2O)CC1)Nc1ccccc1. The van der Waals surface area contributed by atoms with E-state index < -0.39 is 0 Å². The van der Waals surface area contributed by atoms with Gasteiger partial charge in [-0.25, -0.2) is 0 Å². The number of halogens is 1. The van der Waals surface area contributed by atoms with E-state index in [0.29, 0.717) is 6.54 Å². The summed E-state index contributed by atoms with van der Waals surface area (Å²) in [6, 6.07) is 14.2. The molecule has 0 spiro atoms. The molecule has 0 radical (unpaired) electrons. The number of rotatable bonds is 5. The van der Waals surface area contributed by atoms with Gasteiger partial charge in [-0.05, 0) is 43.2 Å². The number of nitrogens with one attached hydrogen (secondary N) is 2. The highest BCUT2D eigenvalue weighted by Gasteiger charge is 2.23. The highest BCUT2D eigenvalue weighted by Crippen LogP contribution is 2.22. The second-order valence-corrected chi connectivity index (χ2v) is 7.52. The fourth-order valence-corrected chi connectivity index (χ4v) is 3.47. The number of hydrogen-bond donors (Lipinski definition) is 3. The van der Waals surface area contributed by atoms with Crippen molar-refractivity contribution < 1.29 is 14.7 Å². The lowest BCUT2D eigenvalue weighted by Crippen LogP contribution is -2.46. The van der Waals surface area contributed by atoms with Crippen molar-refractivity contribution in [2.24, 2.45) is 0 Å². The Balaban J connectivity index is 1.44. The molecule has 0 aliphatic carbocycles. The maximum absolute atomic E-state index is 12.3. The summed E-state index contributed by atoms with van der Waals surface area (Å²) < 4.78 is 0.721. The summed E-state index contributed by atoms with van der Waals surface area (Å²) in [6.45, 7) is 1.81. The highest BCUT2D eigenvalue weighted by atomic mass is 79.9. The zero-order valence-electron chi connectivity index (χ0n) is 14.8. The van der Waals surface area contributed by atoms with Crippen LogP contribution >= 0.6 is 15.9 Å². The van der Waals surface area contributed by atoms with Gasteiger partial charge >= 0.3 is 0 Å². The maximum atomic E-state index is 12.3. The third kappa shape index (κ3) is 5.55. The first-order valence-electron chi connectivity index (χ1n) is 8.88. The van der Waals surface area contributed by atoms with Crippen LogP contribution in [0.25, 0.3) is 0 Å². The molecule has 0 aromatic heterocycles. The van der Waals surface area contributed by atoms with Crippen LogP contribution in [0.1, 0.15) is 23.2 Å². The Hall–Kier alpha value is -2.38. The molecular formula is C20H22BrN3O3. The van der Waals surface area contributed by atoms with Crippen LogP contribution in [0.2, 0.25) is 0 Å². The molecule has 2 aromatic carbocycles. The Morgan fingerprint density at radius 2 is 1.81 bits per heavy atom. The molecule has 0 saturated carbocycles. The molecule has 2 amide bonds. The molecule has 1 aliphatic heterocycles. The number of para-hydroxylation sites is 1. The summed E-state index contributed by atoms with van der Waals surface area (Å²) in [5.41, 5.74) is 1.06. The number of anilines is 1. The molecule has 3 rings (SSSR count). The van der Waals surface area contributed by atoms with Crippen molar-refractivity contribution in [3.05, 3.63) is 58.6 Å². The molecule has 0 unspecified atom stereocenters. The Bertz CT molecular complexity index is 805. The minimum atomic E-state index is -0.278. The van der Waals surface area contributed by atoms with Crippen molar-refractivity contribution in [1.82, 2.24) is 10.2 Å². The first-order valence-corrected chi connectivity index (χ1v) is 9.67. The number of likely N-dealkylation sites (tertiary alicyclic amines) is 1. The molecule has 7 heteroatoms. The predicted octanol–water partition coefficient (Wildman–Crippen LogP) is 2.99. The van der Waals surface area contributed by atoms with Crippen molar-refractivity contribution in [1.29, 1.82) is 0 Å². The number of hydrogen-bond acceptors (Lipinski definition) is 4. The van der Waals surface area contributed by atoms with E-state index in [1.54, 1.807) is 12.1 Å². The topological polar surface area (TPSA) is 81.7 Å². The van der Waals surface area contributed by atoms with Crippen molar-refractivity contribution in [2.75, 3.05) is 25.0 Å². The molecule has 1 heterocycles. The standard InChI is InChI=1S/C20H22BrN3O3/c21-14-6-7-17(18(25)12-14)20(27)23-16-8-10-24(11-9-16)13-19(26)22-15-4-2-1-3-5-15/h1-7,12,16,25H,8-11,13H2,(H,22,26)(H,23,27). The van der Waals surface area contributed by atoms with Crippen LogP contribution in [0, 0.1) is 0 Å². The maximum Gasteiger partial charge on any atom is 0.255 e. The average Bonchev–Trinajstić information content (AvgIpc) is 2.64. The van der Waals surface area contributed by atoms with Gasteiger partial charge in [-0.2, -0.15) is 0 Å².